The maximum atomic E-state index is 9.20. The number of nitrogens with zero attached hydrogens (tertiary/aromatic N) is 3. The molecule has 1 aliphatic rings. The van der Waals surface area contributed by atoms with Gasteiger partial charge in [0.25, 0.3) is 0 Å². The zero-order valence-electron chi connectivity index (χ0n) is 9.80. The number of anilines is 1. The van der Waals surface area contributed by atoms with E-state index in [2.05, 4.69) is 16.0 Å². The first-order chi connectivity index (χ1) is 8.79. The van der Waals surface area contributed by atoms with Gasteiger partial charge in [0.1, 0.15) is 23.3 Å². The Morgan fingerprint density at radius 2 is 1.89 bits per heavy atom. The molecule has 0 radical (unpaired) electrons. The topological polar surface area (TPSA) is 75.6 Å². The van der Waals surface area contributed by atoms with Gasteiger partial charge < -0.3 is 5.73 Å². The molecule has 1 heterocycles. The zero-order valence-corrected chi connectivity index (χ0v) is 9.80. The van der Waals surface area contributed by atoms with Gasteiger partial charge in [-0.25, -0.2) is 9.97 Å². The molecule has 0 aliphatic heterocycles. The lowest BCUT2D eigenvalue weighted by Gasteiger charge is -2.08. The summed E-state index contributed by atoms with van der Waals surface area (Å²) in [7, 11) is 0. The molecule has 2 N–H and O–H groups in total. The third-order valence-electron chi connectivity index (χ3n) is 3.06. The van der Waals surface area contributed by atoms with Crippen LogP contribution in [0.15, 0.2) is 30.3 Å². The molecule has 1 aromatic heterocycles. The highest BCUT2D eigenvalue weighted by molar-refractivity contribution is 5.71. The Balaban J connectivity index is 2.20. The van der Waals surface area contributed by atoms with Crippen molar-refractivity contribution in [2.24, 2.45) is 0 Å². The molecule has 1 fully saturated rings. The summed E-state index contributed by atoms with van der Waals surface area (Å²) in [6, 6.07) is 11.7. The van der Waals surface area contributed by atoms with E-state index in [1.165, 1.54) is 0 Å². The summed E-state index contributed by atoms with van der Waals surface area (Å²) in [5.41, 5.74) is 7.78. The van der Waals surface area contributed by atoms with E-state index in [0.29, 0.717) is 17.2 Å². The van der Waals surface area contributed by atoms with Gasteiger partial charge in [-0.2, -0.15) is 5.26 Å². The van der Waals surface area contributed by atoms with Crippen LogP contribution in [0.3, 0.4) is 0 Å². The Hall–Kier alpha value is -2.41. The van der Waals surface area contributed by atoms with E-state index in [1.807, 2.05) is 30.3 Å². The van der Waals surface area contributed by atoms with Gasteiger partial charge in [0.05, 0.1) is 5.69 Å². The molecule has 1 saturated carbocycles. The highest BCUT2D eigenvalue weighted by Crippen LogP contribution is 2.39. The van der Waals surface area contributed by atoms with Crippen LogP contribution in [-0.4, -0.2) is 9.97 Å². The molecular formula is C14H12N4. The smallest absolute Gasteiger partial charge is 0.145 e. The fraction of sp³-hybridized carbons (Fsp3) is 0.214. The number of aromatic nitrogens is 2. The van der Waals surface area contributed by atoms with Crippen molar-refractivity contribution in [1.82, 2.24) is 9.97 Å². The maximum absolute atomic E-state index is 9.20. The van der Waals surface area contributed by atoms with Crippen LogP contribution in [0.5, 0.6) is 0 Å². The van der Waals surface area contributed by atoms with E-state index < -0.39 is 0 Å². The van der Waals surface area contributed by atoms with Crippen LogP contribution in [0, 0.1) is 11.3 Å². The molecule has 0 bridgehead atoms. The van der Waals surface area contributed by atoms with Crippen LogP contribution in [-0.2, 0) is 0 Å². The number of hydrogen-bond acceptors (Lipinski definition) is 4. The summed E-state index contributed by atoms with van der Waals surface area (Å²) in [5, 5.41) is 9.20. The molecule has 2 aromatic rings. The monoisotopic (exact) mass is 236 g/mol. The molecule has 0 atom stereocenters. The van der Waals surface area contributed by atoms with E-state index in [9.17, 15) is 5.26 Å². The SMILES string of the molecule is N#Cc1c(N)nc(C2CC2)nc1-c1ccccc1. The van der Waals surface area contributed by atoms with Crippen LogP contribution in [0.2, 0.25) is 0 Å². The van der Waals surface area contributed by atoms with Crippen LogP contribution in [0.1, 0.15) is 30.1 Å². The summed E-state index contributed by atoms with van der Waals surface area (Å²) in [6.07, 6.45) is 2.22. The molecule has 18 heavy (non-hydrogen) atoms. The first-order valence-electron chi connectivity index (χ1n) is 5.92. The van der Waals surface area contributed by atoms with Crippen molar-refractivity contribution in [2.75, 3.05) is 5.73 Å². The highest BCUT2D eigenvalue weighted by atomic mass is 15.0. The van der Waals surface area contributed by atoms with Crippen molar-refractivity contribution in [3.8, 4) is 17.3 Å². The standard InChI is InChI=1S/C14H12N4/c15-8-11-12(9-4-2-1-3-5-9)17-14(10-6-7-10)18-13(11)16/h1-5,10H,6-7H2,(H2,16,17,18). The van der Waals surface area contributed by atoms with Crippen molar-refractivity contribution in [3.05, 3.63) is 41.7 Å². The summed E-state index contributed by atoms with van der Waals surface area (Å²) >= 11 is 0. The third-order valence-corrected chi connectivity index (χ3v) is 3.06. The van der Waals surface area contributed by atoms with Gasteiger partial charge >= 0.3 is 0 Å². The predicted octanol–water partition coefficient (Wildman–Crippen LogP) is 2.47. The highest BCUT2D eigenvalue weighted by Gasteiger charge is 2.28. The molecule has 3 rings (SSSR count). The van der Waals surface area contributed by atoms with Gasteiger partial charge in [-0.15, -0.1) is 0 Å². The largest absolute Gasteiger partial charge is 0.382 e. The zero-order chi connectivity index (χ0) is 12.5. The average Bonchev–Trinajstić information content (AvgIpc) is 3.23. The van der Waals surface area contributed by atoms with Crippen LogP contribution >= 0.6 is 0 Å². The number of benzene rings is 1. The second-order valence-corrected chi connectivity index (χ2v) is 4.44. The van der Waals surface area contributed by atoms with Crippen LogP contribution in [0.4, 0.5) is 5.82 Å². The second-order valence-electron chi connectivity index (χ2n) is 4.44. The first kappa shape index (κ1) is 10.7. The Kier molecular flexibility index (Phi) is 2.45. The number of nitrogen functional groups attached to an aromatic ring is 1. The lowest BCUT2D eigenvalue weighted by atomic mass is 10.1. The van der Waals surface area contributed by atoms with E-state index in [1.54, 1.807) is 0 Å². The molecule has 0 spiro atoms. The van der Waals surface area contributed by atoms with Gasteiger partial charge in [-0.05, 0) is 12.8 Å². The van der Waals surface area contributed by atoms with Crippen molar-refractivity contribution >= 4 is 5.82 Å². The minimum absolute atomic E-state index is 0.285. The van der Waals surface area contributed by atoms with Gasteiger partial charge in [0.2, 0.25) is 0 Å². The molecule has 1 aromatic carbocycles. The van der Waals surface area contributed by atoms with Crippen molar-refractivity contribution in [1.29, 1.82) is 5.26 Å². The van der Waals surface area contributed by atoms with Gasteiger partial charge in [0, 0.05) is 11.5 Å². The summed E-state index contributed by atoms with van der Waals surface area (Å²) in [5.74, 6) is 1.47. The van der Waals surface area contributed by atoms with Gasteiger partial charge in [0.15, 0.2) is 0 Å². The quantitative estimate of drug-likeness (QED) is 0.869. The molecular weight excluding hydrogens is 224 g/mol. The summed E-state index contributed by atoms with van der Waals surface area (Å²) in [6.45, 7) is 0. The Morgan fingerprint density at radius 3 is 2.50 bits per heavy atom. The molecule has 0 saturated heterocycles. The fourth-order valence-corrected chi connectivity index (χ4v) is 1.94. The van der Waals surface area contributed by atoms with Crippen LogP contribution in [0.25, 0.3) is 11.3 Å². The van der Waals surface area contributed by atoms with E-state index in [0.717, 1.165) is 24.2 Å². The molecule has 4 nitrogen and oxygen atoms in total. The van der Waals surface area contributed by atoms with E-state index >= 15 is 0 Å². The van der Waals surface area contributed by atoms with E-state index in [-0.39, 0.29) is 5.82 Å². The van der Waals surface area contributed by atoms with Crippen molar-refractivity contribution in [3.63, 3.8) is 0 Å². The second kappa shape index (κ2) is 4.11. The first-order valence-corrected chi connectivity index (χ1v) is 5.92. The number of rotatable bonds is 2. The average molecular weight is 236 g/mol. The fourth-order valence-electron chi connectivity index (χ4n) is 1.94. The van der Waals surface area contributed by atoms with Crippen molar-refractivity contribution in [2.45, 2.75) is 18.8 Å². The van der Waals surface area contributed by atoms with Gasteiger partial charge in [-0.3, -0.25) is 0 Å². The Morgan fingerprint density at radius 1 is 1.17 bits per heavy atom. The maximum Gasteiger partial charge on any atom is 0.145 e. The summed E-state index contributed by atoms with van der Waals surface area (Å²) in [4.78, 5) is 8.76. The molecule has 4 heteroatoms. The number of nitriles is 1. The van der Waals surface area contributed by atoms with E-state index in [4.69, 9.17) is 5.73 Å². The normalized spacial score (nSPS) is 14.2. The lowest BCUT2D eigenvalue weighted by Crippen LogP contribution is -2.04. The lowest BCUT2D eigenvalue weighted by molar-refractivity contribution is 0.933. The molecule has 0 unspecified atom stereocenters. The molecule has 88 valence electrons. The number of nitrogens with two attached hydrogens (primary N) is 1. The Labute approximate surface area is 105 Å². The summed E-state index contributed by atoms with van der Waals surface area (Å²) < 4.78 is 0. The Bertz CT molecular complexity index is 624. The van der Waals surface area contributed by atoms with Crippen molar-refractivity contribution < 1.29 is 0 Å². The van der Waals surface area contributed by atoms with Crippen LogP contribution < -0.4 is 5.73 Å². The molecule has 1 aliphatic carbocycles. The predicted molar refractivity (Wildman–Crippen MR) is 68.6 cm³/mol. The minimum Gasteiger partial charge on any atom is -0.382 e. The number of hydrogen-bond donors (Lipinski definition) is 1. The minimum atomic E-state index is 0.285. The van der Waals surface area contributed by atoms with Gasteiger partial charge in [-0.1, -0.05) is 30.3 Å². The molecule has 0 amide bonds. The third kappa shape index (κ3) is 1.80.